The molecule has 9 rings (SSSR count). The standard InChI is InChI=1S/C39H28.C8H18O2/c1-25-13-12-24-36-37(25)39(32-20-8-4-16-28(32)29-17-5-9-21-33(29)39)35-23-11-10-22-34(35)38(36)30-18-6-2-14-26(30)27-15-3-7-19-31(27)38;1-7(2,9-5)8(3,4)10-6/h2-8,10-20,22-24H,9,21H2,1H3;1-6H3. The van der Waals surface area contributed by atoms with E-state index in [2.05, 4.69) is 134 Å². The Labute approximate surface area is 292 Å². The fraction of sp³-hybridized carbons (Fsp3) is 0.277. The van der Waals surface area contributed by atoms with Crippen molar-refractivity contribution in [2.75, 3.05) is 14.2 Å². The van der Waals surface area contributed by atoms with Crippen LogP contribution in [0.1, 0.15) is 90.6 Å². The molecular formula is C47H46O2. The van der Waals surface area contributed by atoms with Crippen LogP contribution in [0.2, 0.25) is 0 Å². The molecule has 246 valence electrons. The number of fused-ring (bicyclic) bond motifs is 15. The van der Waals surface area contributed by atoms with Crippen LogP contribution in [0.3, 0.4) is 0 Å². The van der Waals surface area contributed by atoms with Gasteiger partial charge in [0, 0.05) is 14.2 Å². The van der Waals surface area contributed by atoms with Crippen LogP contribution in [0.5, 0.6) is 0 Å². The van der Waals surface area contributed by atoms with Gasteiger partial charge >= 0.3 is 0 Å². The molecule has 0 saturated carbocycles. The summed E-state index contributed by atoms with van der Waals surface area (Å²) in [5, 5.41) is 0. The molecule has 2 nitrogen and oxygen atoms in total. The molecule has 49 heavy (non-hydrogen) atoms. The molecule has 0 fully saturated rings. The lowest BCUT2D eigenvalue weighted by Crippen LogP contribution is -2.48. The maximum atomic E-state index is 5.27. The predicted molar refractivity (Wildman–Crippen MR) is 202 cm³/mol. The Kier molecular flexibility index (Phi) is 7.30. The summed E-state index contributed by atoms with van der Waals surface area (Å²) in [7, 11) is 3.39. The maximum Gasteiger partial charge on any atom is 0.0905 e. The topological polar surface area (TPSA) is 18.5 Å². The highest BCUT2D eigenvalue weighted by atomic mass is 16.5. The summed E-state index contributed by atoms with van der Waals surface area (Å²) >= 11 is 0. The molecule has 1 unspecified atom stereocenters. The molecule has 4 aliphatic carbocycles. The summed E-state index contributed by atoms with van der Waals surface area (Å²) in [5.74, 6) is 0. The normalized spacial score (nSPS) is 19.0. The van der Waals surface area contributed by atoms with Gasteiger partial charge in [-0.25, -0.2) is 0 Å². The van der Waals surface area contributed by atoms with Crippen LogP contribution >= 0.6 is 0 Å². The van der Waals surface area contributed by atoms with Gasteiger partial charge in [0.2, 0.25) is 0 Å². The zero-order valence-corrected chi connectivity index (χ0v) is 29.9. The lowest BCUT2D eigenvalue weighted by atomic mass is 9.51. The lowest BCUT2D eigenvalue weighted by molar-refractivity contribution is -0.147. The number of methoxy groups -OCH3 is 2. The molecule has 0 amide bonds. The second-order valence-corrected chi connectivity index (χ2v) is 14.9. The lowest BCUT2D eigenvalue weighted by Gasteiger charge is -2.50. The maximum absolute atomic E-state index is 5.27. The van der Waals surface area contributed by atoms with Crippen molar-refractivity contribution in [3.63, 3.8) is 0 Å². The van der Waals surface area contributed by atoms with E-state index >= 15 is 0 Å². The van der Waals surface area contributed by atoms with Crippen LogP contribution in [-0.2, 0) is 20.3 Å². The highest BCUT2D eigenvalue weighted by Gasteiger charge is 2.59. The molecule has 0 aromatic heterocycles. The highest BCUT2D eigenvalue weighted by molar-refractivity contribution is 5.95. The first-order valence-electron chi connectivity index (χ1n) is 17.7. The summed E-state index contributed by atoms with van der Waals surface area (Å²) in [4.78, 5) is 0. The van der Waals surface area contributed by atoms with Crippen molar-refractivity contribution in [2.45, 2.75) is 69.5 Å². The van der Waals surface area contributed by atoms with Gasteiger partial charge in [-0.1, -0.05) is 127 Å². The second-order valence-electron chi connectivity index (χ2n) is 14.9. The predicted octanol–water partition coefficient (Wildman–Crippen LogP) is 11.0. The Morgan fingerprint density at radius 1 is 0.510 bits per heavy atom. The third-order valence-corrected chi connectivity index (χ3v) is 12.5. The van der Waals surface area contributed by atoms with E-state index in [4.69, 9.17) is 9.47 Å². The van der Waals surface area contributed by atoms with Gasteiger partial charge in [-0.15, -0.1) is 0 Å². The molecule has 2 spiro atoms. The van der Waals surface area contributed by atoms with Crippen LogP contribution < -0.4 is 0 Å². The van der Waals surface area contributed by atoms with E-state index in [-0.39, 0.29) is 22.0 Å². The van der Waals surface area contributed by atoms with Crippen molar-refractivity contribution in [1.82, 2.24) is 0 Å². The average Bonchev–Trinajstić information content (AvgIpc) is 3.60. The van der Waals surface area contributed by atoms with E-state index < -0.39 is 0 Å². The van der Waals surface area contributed by atoms with Crippen LogP contribution in [0.15, 0.2) is 133 Å². The van der Waals surface area contributed by atoms with Crippen LogP contribution in [-0.4, -0.2) is 25.4 Å². The molecule has 0 bridgehead atoms. The molecule has 1 atom stereocenters. The molecule has 0 heterocycles. The summed E-state index contributed by atoms with van der Waals surface area (Å²) in [5.41, 5.74) is 17.5. The van der Waals surface area contributed by atoms with Gasteiger partial charge in [0.05, 0.1) is 22.0 Å². The van der Waals surface area contributed by atoms with Gasteiger partial charge in [-0.2, -0.15) is 0 Å². The van der Waals surface area contributed by atoms with E-state index in [0.29, 0.717) is 0 Å². The molecular weight excluding hydrogens is 597 g/mol. The monoisotopic (exact) mass is 642 g/mol. The summed E-state index contributed by atoms with van der Waals surface area (Å²) in [6.45, 7) is 10.4. The molecule has 0 saturated heterocycles. The van der Waals surface area contributed by atoms with Crippen molar-refractivity contribution in [2.24, 2.45) is 0 Å². The largest absolute Gasteiger partial charge is 0.376 e. The van der Waals surface area contributed by atoms with E-state index in [1.54, 1.807) is 19.8 Å². The second kappa shape index (κ2) is 11.3. The van der Waals surface area contributed by atoms with Crippen molar-refractivity contribution in [3.8, 4) is 11.1 Å². The van der Waals surface area contributed by atoms with E-state index in [1.807, 2.05) is 27.7 Å². The van der Waals surface area contributed by atoms with Crippen molar-refractivity contribution in [1.29, 1.82) is 0 Å². The molecule has 0 radical (unpaired) electrons. The molecule has 5 aromatic rings. The number of aryl methyl sites for hydroxylation is 1. The van der Waals surface area contributed by atoms with Gasteiger partial charge in [-0.05, 0) is 120 Å². The molecule has 0 N–H and O–H groups in total. The Morgan fingerprint density at radius 3 is 1.51 bits per heavy atom. The summed E-state index contributed by atoms with van der Waals surface area (Å²) < 4.78 is 10.5. The first kappa shape index (κ1) is 31.7. The molecule has 4 aliphatic rings. The number of benzene rings is 5. The molecule has 5 aromatic carbocycles. The third-order valence-electron chi connectivity index (χ3n) is 12.5. The third kappa shape index (κ3) is 4.08. The minimum Gasteiger partial charge on any atom is -0.376 e. The van der Waals surface area contributed by atoms with E-state index in [0.717, 1.165) is 12.8 Å². The quantitative estimate of drug-likeness (QED) is 0.191. The SMILES string of the molecule is COC(C)(C)C(C)(C)OC.Cc1cccc2c1C1(C3=C(C=CCC3)c3ccccc31)c1ccccc1C21c2ccccc2-c2ccccc21. The first-order valence-corrected chi connectivity index (χ1v) is 17.7. The Bertz CT molecular complexity index is 2120. The fourth-order valence-electron chi connectivity index (χ4n) is 9.31. The van der Waals surface area contributed by atoms with E-state index in [1.165, 1.54) is 66.8 Å². The van der Waals surface area contributed by atoms with Crippen LogP contribution in [0.25, 0.3) is 16.7 Å². The zero-order valence-electron chi connectivity index (χ0n) is 29.9. The number of hydrogen-bond donors (Lipinski definition) is 0. The van der Waals surface area contributed by atoms with Crippen molar-refractivity contribution < 1.29 is 9.47 Å². The average molecular weight is 643 g/mol. The minimum atomic E-state index is -0.348. The van der Waals surface area contributed by atoms with Gasteiger partial charge in [0.25, 0.3) is 0 Å². The number of ether oxygens (including phenoxy) is 2. The molecule has 2 heteroatoms. The van der Waals surface area contributed by atoms with Gasteiger partial charge in [-0.3, -0.25) is 0 Å². The van der Waals surface area contributed by atoms with Gasteiger partial charge < -0.3 is 9.47 Å². The Hall–Kier alpha value is -4.50. The van der Waals surface area contributed by atoms with Crippen molar-refractivity contribution in [3.05, 3.63) is 183 Å². The van der Waals surface area contributed by atoms with Gasteiger partial charge in [0.1, 0.15) is 0 Å². The highest BCUT2D eigenvalue weighted by Crippen LogP contribution is 2.68. The fourth-order valence-corrected chi connectivity index (χ4v) is 9.31. The number of allylic oxidation sites excluding steroid dienone is 4. The van der Waals surface area contributed by atoms with Crippen LogP contribution in [0.4, 0.5) is 0 Å². The number of hydrogen-bond acceptors (Lipinski definition) is 2. The first-order chi connectivity index (χ1) is 23.7. The van der Waals surface area contributed by atoms with E-state index in [9.17, 15) is 0 Å². The number of rotatable bonds is 3. The van der Waals surface area contributed by atoms with Gasteiger partial charge in [0.15, 0.2) is 0 Å². The smallest absolute Gasteiger partial charge is 0.0905 e. The Balaban J connectivity index is 0.000000307. The van der Waals surface area contributed by atoms with Crippen LogP contribution in [0, 0.1) is 6.92 Å². The summed E-state index contributed by atoms with van der Waals surface area (Å²) in [6, 6.07) is 43.9. The van der Waals surface area contributed by atoms with Crippen molar-refractivity contribution >= 4 is 5.57 Å². The zero-order chi connectivity index (χ0) is 34.2. The molecule has 0 aliphatic heterocycles. The minimum absolute atomic E-state index is 0.234. The summed E-state index contributed by atoms with van der Waals surface area (Å²) in [6.07, 6.45) is 6.95. The Morgan fingerprint density at radius 2 is 0.959 bits per heavy atom.